The summed E-state index contributed by atoms with van der Waals surface area (Å²) in [5, 5.41) is 0. The van der Waals surface area contributed by atoms with Crippen LogP contribution in [-0.2, 0) is 0 Å². The van der Waals surface area contributed by atoms with Gasteiger partial charge in [-0.25, -0.2) is 0 Å². The summed E-state index contributed by atoms with van der Waals surface area (Å²) in [5.41, 5.74) is 6.24. The summed E-state index contributed by atoms with van der Waals surface area (Å²) in [7, 11) is 0. The topological polar surface area (TPSA) is 29.3 Å². The lowest BCUT2D eigenvalue weighted by Gasteiger charge is -2.26. The molecule has 0 rings (SSSR count). The van der Waals surface area contributed by atoms with E-state index in [0.717, 1.165) is 0 Å². The zero-order chi connectivity index (χ0) is 23.5. The maximum absolute atomic E-state index is 6.24. The molecular formula is C30H64N2. The van der Waals surface area contributed by atoms with Crippen LogP contribution in [-0.4, -0.2) is 24.2 Å². The highest BCUT2D eigenvalue weighted by atomic mass is 15.2. The molecule has 0 aliphatic heterocycles. The first-order valence-corrected chi connectivity index (χ1v) is 15.2. The van der Waals surface area contributed by atoms with Crippen molar-refractivity contribution in [2.45, 2.75) is 181 Å². The van der Waals surface area contributed by atoms with E-state index >= 15 is 0 Å². The van der Waals surface area contributed by atoms with Gasteiger partial charge in [-0.15, -0.1) is 0 Å². The van der Waals surface area contributed by atoms with E-state index in [1.165, 1.54) is 167 Å². The van der Waals surface area contributed by atoms with Crippen LogP contribution in [0.1, 0.15) is 175 Å². The third-order valence-corrected chi connectivity index (χ3v) is 7.17. The summed E-state index contributed by atoms with van der Waals surface area (Å²) in [5.74, 6) is 0. The predicted octanol–water partition coefficient (Wildman–Crippen LogP) is 10.00. The molecule has 2 N–H and O–H groups in total. The molecule has 194 valence electrons. The quantitative estimate of drug-likeness (QED) is 0.0991. The van der Waals surface area contributed by atoms with Crippen LogP contribution in [0.3, 0.4) is 0 Å². The van der Waals surface area contributed by atoms with Crippen LogP contribution in [0.5, 0.6) is 0 Å². The second-order valence-electron chi connectivity index (χ2n) is 10.6. The van der Waals surface area contributed by atoms with Crippen LogP contribution < -0.4 is 5.73 Å². The lowest BCUT2D eigenvalue weighted by molar-refractivity contribution is 0.203. The third-order valence-electron chi connectivity index (χ3n) is 7.17. The Balaban J connectivity index is 3.41. The minimum atomic E-state index is 0.218. The molecule has 0 bridgehead atoms. The van der Waals surface area contributed by atoms with Crippen molar-refractivity contribution in [3.8, 4) is 0 Å². The highest BCUT2D eigenvalue weighted by molar-refractivity contribution is 4.63. The monoisotopic (exact) mass is 453 g/mol. The summed E-state index contributed by atoms with van der Waals surface area (Å²) < 4.78 is 0. The van der Waals surface area contributed by atoms with Gasteiger partial charge in [-0.3, -0.25) is 4.90 Å². The highest BCUT2D eigenvalue weighted by Crippen LogP contribution is 2.14. The van der Waals surface area contributed by atoms with Crippen LogP contribution >= 0.6 is 0 Å². The minimum Gasteiger partial charge on any atom is -0.316 e. The molecular weight excluding hydrogens is 388 g/mol. The van der Waals surface area contributed by atoms with Gasteiger partial charge in [-0.05, 0) is 32.9 Å². The molecule has 0 aromatic heterocycles. The van der Waals surface area contributed by atoms with E-state index < -0.39 is 0 Å². The van der Waals surface area contributed by atoms with Crippen LogP contribution in [0.2, 0.25) is 0 Å². The van der Waals surface area contributed by atoms with Gasteiger partial charge in [-0.2, -0.15) is 0 Å². The average Bonchev–Trinajstić information content (AvgIpc) is 2.78. The van der Waals surface area contributed by atoms with Gasteiger partial charge < -0.3 is 5.73 Å². The molecule has 0 aromatic carbocycles. The van der Waals surface area contributed by atoms with E-state index in [2.05, 4.69) is 25.7 Å². The Morgan fingerprint density at radius 2 is 0.625 bits per heavy atom. The number of rotatable bonds is 27. The van der Waals surface area contributed by atoms with Crippen LogP contribution in [0.25, 0.3) is 0 Å². The second kappa shape index (κ2) is 27.2. The van der Waals surface area contributed by atoms with Crippen molar-refractivity contribution in [1.29, 1.82) is 0 Å². The van der Waals surface area contributed by atoms with Crippen molar-refractivity contribution in [3.05, 3.63) is 0 Å². The smallest absolute Gasteiger partial charge is 0.0542 e. The molecule has 0 aliphatic rings. The number of nitrogens with two attached hydrogens (primary N) is 1. The van der Waals surface area contributed by atoms with Gasteiger partial charge in [-0.1, -0.05) is 155 Å². The Labute approximate surface area is 204 Å². The van der Waals surface area contributed by atoms with Gasteiger partial charge >= 0.3 is 0 Å². The first-order valence-electron chi connectivity index (χ1n) is 15.2. The zero-order valence-electron chi connectivity index (χ0n) is 23.0. The van der Waals surface area contributed by atoms with Crippen LogP contribution in [0.15, 0.2) is 0 Å². The number of unbranched alkanes of at least 4 members (excludes halogenated alkanes) is 22. The Hall–Kier alpha value is -0.0800. The van der Waals surface area contributed by atoms with E-state index in [1.54, 1.807) is 0 Å². The SMILES string of the molecule is CCCCCCCCCCCCCCN(CCCCCCCCCCCCCC)C(C)N. The molecule has 1 unspecified atom stereocenters. The molecule has 0 radical (unpaired) electrons. The van der Waals surface area contributed by atoms with Crippen molar-refractivity contribution in [1.82, 2.24) is 4.90 Å². The summed E-state index contributed by atoms with van der Waals surface area (Å²) in [4.78, 5) is 2.52. The zero-order valence-corrected chi connectivity index (χ0v) is 23.0. The summed E-state index contributed by atoms with van der Waals surface area (Å²) in [6, 6.07) is 0. The van der Waals surface area contributed by atoms with E-state index in [-0.39, 0.29) is 6.17 Å². The Morgan fingerprint density at radius 3 is 0.844 bits per heavy atom. The van der Waals surface area contributed by atoms with E-state index in [4.69, 9.17) is 5.73 Å². The van der Waals surface area contributed by atoms with Crippen molar-refractivity contribution in [2.24, 2.45) is 5.73 Å². The molecule has 1 atom stereocenters. The van der Waals surface area contributed by atoms with Crippen molar-refractivity contribution in [2.75, 3.05) is 13.1 Å². The minimum absolute atomic E-state index is 0.218. The van der Waals surface area contributed by atoms with Gasteiger partial charge in [0.2, 0.25) is 0 Å². The van der Waals surface area contributed by atoms with E-state index in [0.29, 0.717) is 0 Å². The molecule has 2 nitrogen and oxygen atoms in total. The van der Waals surface area contributed by atoms with Crippen molar-refractivity contribution >= 4 is 0 Å². The van der Waals surface area contributed by atoms with Crippen LogP contribution in [0, 0.1) is 0 Å². The lowest BCUT2D eigenvalue weighted by atomic mass is 10.0. The van der Waals surface area contributed by atoms with Gasteiger partial charge in [0.15, 0.2) is 0 Å². The third kappa shape index (κ3) is 24.6. The van der Waals surface area contributed by atoms with Gasteiger partial charge in [0, 0.05) is 0 Å². The second-order valence-corrected chi connectivity index (χ2v) is 10.6. The molecule has 2 heteroatoms. The summed E-state index contributed by atoms with van der Waals surface area (Å²) >= 11 is 0. The standard InChI is InChI=1S/C30H64N2/c1-4-6-8-10-12-14-16-18-20-22-24-26-28-32(30(3)31)29-27-25-23-21-19-17-15-13-11-9-7-5-2/h30H,4-29,31H2,1-3H3. The molecule has 0 spiro atoms. The van der Waals surface area contributed by atoms with Crippen LogP contribution in [0.4, 0.5) is 0 Å². The molecule has 0 fully saturated rings. The number of nitrogens with zero attached hydrogens (tertiary/aromatic N) is 1. The normalized spacial score (nSPS) is 12.7. The Morgan fingerprint density at radius 1 is 0.406 bits per heavy atom. The van der Waals surface area contributed by atoms with E-state index in [1.807, 2.05) is 0 Å². The van der Waals surface area contributed by atoms with Crippen molar-refractivity contribution in [3.63, 3.8) is 0 Å². The number of hydrogen-bond acceptors (Lipinski definition) is 2. The molecule has 0 aromatic rings. The Bertz CT molecular complexity index is 301. The highest BCUT2D eigenvalue weighted by Gasteiger charge is 2.08. The van der Waals surface area contributed by atoms with Gasteiger partial charge in [0.1, 0.15) is 0 Å². The molecule has 32 heavy (non-hydrogen) atoms. The van der Waals surface area contributed by atoms with Gasteiger partial charge in [0.05, 0.1) is 6.17 Å². The summed E-state index contributed by atoms with van der Waals surface area (Å²) in [6.07, 6.45) is 34.4. The van der Waals surface area contributed by atoms with E-state index in [9.17, 15) is 0 Å². The summed E-state index contributed by atoms with van der Waals surface area (Å²) in [6.45, 7) is 9.17. The first kappa shape index (κ1) is 31.9. The number of hydrogen-bond donors (Lipinski definition) is 1. The fraction of sp³-hybridized carbons (Fsp3) is 1.00. The van der Waals surface area contributed by atoms with Crippen molar-refractivity contribution < 1.29 is 0 Å². The molecule has 0 amide bonds. The predicted molar refractivity (Wildman–Crippen MR) is 147 cm³/mol. The molecule has 0 saturated carbocycles. The maximum Gasteiger partial charge on any atom is 0.0542 e. The average molecular weight is 453 g/mol. The fourth-order valence-corrected chi connectivity index (χ4v) is 4.83. The largest absolute Gasteiger partial charge is 0.316 e. The molecule has 0 aliphatic carbocycles. The maximum atomic E-state index is 6.24. The molecule has 0 saturated heterocycles. The first-order chi connectivity index (χ1) is 15.7. The molecule has 0 heterocycles. The van der Waals surface area contributed by atoms with Gasteiger partial charge in [0.25, 0.3) is 0 Å². The fourth-order valence-electron chi connectivity index (χ4n) is 4.83. The Kier molecular flexibility index (Phi) is 27.1. The lowest BCUT2D eigenvalue weighted by Crippen LogP contribution is -2.40.